The number of nitrogens with zero attached hydrogens (tertiary/aromatic N) is 4. The zero-order chi connectivity index (χ0) is 13.4. The van der Waals surface area contributed by atoms with Crippen LogP contribution in [0.4, 0.5) is 5.82 Å². The highest BCUT2D eigenvalue weighted by Gasteiger charge is 2.24. The molecule has 102 valence electrons. The summed E-state index contributed by atoms with van der Waals surface area (Å²) in [5, 5.41) is 0. The van der Waals surface area contributed by atoms with Crippen LogP contribution in [0.15, 0.2) is 24.5 Å². The second-order valence-electron chi connectivity index (χ2n) is 5.59. The first-order valence-electron chi connectivity index (χ1n) is 7.47. The van der Waals surface area contributed by atoms with Gasteiger partial charge in [-0.15, -0.1) is 0 Å². The molecule has 4 heteroatoms. The van der Waals surface area contributed by atoms with Gasteiger partial charge < -0.3 is 4.90 Å². The molecule has 1 fully saturated rings. The van der Waals surface area contributed by atoms with E-state index in [2.05, 4.69) is 9.88 Å². The zero-order valence-electron chi connectivity index (χ0n) is 11.5. The summed E-state index contributed by atoms with van der Waals surface area (Å²) in [4.78, 5) is 16.3. The summed E-state index contributed by atoms with van der Waals surface area (Å²) in [6.45, 7) is 2.27. The number of pyridine rings is 1. The highest BCUT2D eigenvalue weighted by molar-refractivity contribution is 5.61. The molecule has 20 heavy (non-hydrogen) atoms. The smallest absolute Gasteiger partial charge is 0.163 e. The maximum absolute atomic E-state index is 4.87. The lowest BCUT2D eigenvalue weighted by Crippen LogP contribution is -2.21. The maximum Gasteiger partial charge on any atom is 0.163 e. The number of fused-ring (bicyclic) bond motifs is 1. The van der Waals surface area contributed by atoms with E-state index in [0.717, 1.165) is 37.3 Å². The molecule has 0 amide bonds. The van der Waals surface area contributed by atoms with Crippen LogP contribution >= 0.6 is 0 Å². The van der Waals surface area contributed by atoms with Crippen LogP contribution in [0, 0.1) is 0 Å². The van der Waals surface area contributed by atoms with Crippen molar-refractivity contribution in [2.24, 2.45) is 0 Å². The van der Waals surface area contributed by atoms with Crippen molar-refractivity contribution in [3.8, 4) is 11.4 Å². The lowest BCUT2D eigenvalue weighted by Gasteiger charge is -2.20. The van der Waals surface area contributed by atoms with Gasteiger partial charge in [0.2, 0.25) is 0 Å². The molecule has 4 rings (SSSR count). The van der Waals surface area contributed by atoms with E-state index in [-0.39, 0.29) is 0 Å². The third kappa shape index (κ3) is 1.96. The minimum atomic E-state index is 0.834. The first-order valence-corrected chi connectivity index (χ1v) is 7.47. The van der Waals surface area contributed by atoms with Crippen molar-refractivity contribution in [1.29, 1.82) is 0 Å². The molecule has 2 aromatic rings. The van der Waals surface area contributed by atoms with Gasteiger partial charge in [-0.1, -0.05) is 0 Å². The number of rotatable bonds is 2. The number of aromatic nitrogens is 3. The van der Waals surface area contributed by atoms with Crippen molar-refractivity contribution in [3.05, 3.63) is 35.8 Å². The molecule has 1 aliphatic heterocycles. The highest BCUT2D eigenvalue weighted by atomic mass is 15.2. The van der Waals surface area contributed by atoms with Crippen LogP contribution in [0.1, 0.15) is 30.5 Å². The summed E-state index contributed by atoms with van der Waals surface area (Å²) >= 11 is 0. The summed E-state index contributed by atoms with van der Waals surface area (Å²) in [6.07, 6.45) is 9.63. The van der Waals surface area contributed by atoms with Crippen molar-refractivity contribution >= 4 is 5.82 Å². The Bertz CT molecular complexity index is 618. The monoisotopic (exact) mass is 266 g/mol. The number of hydrogen-bond acceptors (Lipinski definition) is 4. The van der Waals surface area contributed by atoms with Gasteiger partial charge in [-0.2, -0.15) is 0 Å². The third-order valence-corrected chi connectivity index (χ3v) is 4.24. The summed E-state index contributed by atoms with van der Waals surface area (Å²) in [5.41, 5.74) is 3.66. The van der Waals surface area contributed by atoms with E-state index in [1.807, 2.05) is 18.3 Å². The van der Waals surface area contributed by atoms with Crippen LogP contribution in [0.3, 0.4) is 0 Å². The summed E-state index contributed by atoms with van der Waals surface area (Å²) in [7, 11) is 0. The molecule has 2 aromatic heterocycles. The fraction of sp³-hybridized carbons (Fsp3) is 0.438. The Morgan fingerprint density at radius 3 is 2.70 bits per heavy atom. The Labute approximate surface area is 118 Å². The van der Waals surface area contributed by atoms with Gasteiger partial charge in [0.05, 0.1) is 0 Å². The zero-order valence-corrected chi connectivity index (χ0v) is 11.5. The fourth-order valence-electron chi connectivity index (χ4n) is 3.23. The van der Waals surface area contributed by atoms with Crippen LogP contribution in [0.5, 0.6) is 0 Å². The Hall–Kier alpha value is -1.97. The molecule has 0 saturated carbocycles. The van der Waals surface area contributed by atoms with E-state index in [1.165, 1.54) is 36.3 Å². The molecule has 0 unspecified atom stereocenters. The number of anilines is 1. The van der Waals surface area contributed by atoms with E-state index in [9.17, 15) is 0 Å². The number of hydrogen-bond donors (Lipinski definition) is 0. The SMILES string of the molecule is c1cncc(-c2nc3c(c(N4CCCC4)n2)CCC3)c1. The Balaban J connectivity index is 1.83. The van der Waals surface area contributed by atoms with E-state index in [0.29, 0.717) is 0 Å². The molecular weight excluding hydrogens is 248 g/mol. The van der Waals surface area contributed by atoms with E-state index in [1.54, 1.807) is 6.20 Å². The molecule has 0 radical (unpaired) electrons. The minimum absolute atomic E-state index is 0.834. The molecule has 0 aromatic carbocycles. The second kappa shape index (κ2) is 4.85. The molecule has 3 heterocycles. The largest absolute Gasteiger partial charge is 0.356 e. The van der Waals surface area contributed by atoms with Gasteiger partial charge in [-0.05, 0) is 44.2 Å². The van der Waals surface area contributed by atoms with Crippen molar-refractivity contribution < 1.29 is 0 Å². The topological polar surface area (TPSA) is 41.9 Å². The van der Waals surface area contributed by atoms with Crippen LogP contribution in [-0.4, -0.2) is 28.0 Å². The van der Waals surface area contributed by atoms with Gasteiger partial charge in [0.1, 0.15) is 5.82 Å². The van der Waals surface area contributed by atoms with Crippen LogP contribution in [0.2, 0.25) is 0 Å². The van der Waals surface area contributed by atoms with Gasteiger partial charge in [0.25, 0.3) is 0 Å². The molecule has 2 aliphatic rings. The normalized spacial score (nSPS) is 17.5. The number of aryl methyl sites for hydroxylation is 1. The maximum atomic E-state index is 4.87. The summed E-state index contributed by atoms with van der Waals surface area (Å²) < 4.78 is 0. The molecule has 0 spiro atoms. The molecule has 4 nitrogen and oxygen atoms in total. The van der Waals surface area contributed by atoms with Crippen LogP contribution < -0.4 is 4.90 Å². The van der Waals surface area contributed by atoms with Gasteiger partial charge >= 0.3 is 0 Å². The summed E-state index contributed by atoms with van der Waals surface area (Å²) in [5.74, 6) is 2.02. The Morgan fingerprint density at radius 2 is 1.90 bits per heavy atom. The Morgan fingerprint density at radius 1 is 1.00 bits per heavy atom. The van der Waals surface area contributed by atoms with Crippen molar-refractivity contribution in [3.63, 3.8) is 0 Å². The van der Waals surface area contributed by atoms with Crippen molar-refractivity contribution in [2.75, 3.05) is 18.0 Å². The molecule has 0 atom stereocenters. The lowest BCUT2D eigenvalue weighted by atomic mass is 10.2. The van der Waals surface area contributed by atoms with Gasteiger partial charge in [0.15, 0.2) is 5.82 Å². The quantitative estimate of drug-likeness (QED) is 0.838. The molecule has 0 bridgehead atoms. The molecule has 1 saturated heterocycles. The van der Waals surface area contributed by atoms with E-state index < -0.39 is 0 Å². The standard InChI is InChI=1S/C16H18N4/c1-2-10-20(9-1)16-13-6-3-7-14(13)18-15(19-16)12-5-4-8-17-11-12/h4-5,8,11H,1-3,6-7,9-10H2. The van der Waals surface area contributed by atoms with Gasteiger partial charge in [-0.25, -0.2) is 9.97 Å². The average molecular weight is 266 g/mol. The van der Waals surface area contributed by atoms with Crippen molar-refractivity contribution in [2.45, 2.75) is 32.1 Å². The van der Waals surface area contributed by atoms with Crippen LogP contribution in [0.25, 0.3) is 11.4 Å². The average Bonchev–Trinajstić information content (AvgIpc) is 3.18. The fourth-order valence-corrected chi connectivity index (χ4v) is 3.23. The summed E-state index contributed by atoms with van der Waals surface area (Å²) in [6, 6.07) is 3.99. The van der Waals surface area contributed by atoms with Gasteiger partial charge in [0, 0.05) is 42.3 Å². The lowest BCUT2D eigenvalue weighted by molar-refractivity contribution is 0.891. The predicted molar refractivity (Wildman–Crippen MR) is 78.7 cm³/mol. The minimum Gasteiger partial charge on any atom is -0.356 e. The first-order chi connectivity index (χ1) is 9.92. The second-order valence-corrected chi connectivity index (χ2v) is 5.59. The third-order valence-electron chi connectivity index (χ3n) is 4.24. The first kappa shape index (κ1) is 11.8. The molecule has 1 aliphatic carbocycles. The molecular formula is C16H18N4. The highest BCUT2D eigenvalue weighted by Crippen LogP contribution is 2.32. The van der Waals surface area contributed by atoms with Crippen LogP contribution in [-0.2, 0) is 12.8 Å². The van der Waals surface area contributed by atoms with E-state index >= 15 is 0 Å². The van der Waals surface area contributed by atoms with E-state index in [4.69, 9.17) is 9.97 Å². The molecule has 0 N–H and O–H groups in total. The van der Waals surface area contributed by atoms with Gasteiger partial charge in [-0.3, -0.25) is 4.98 Å². The Kier molecular flexibility index (Phi) is 2.87. The van der Waals surface area contributed by atoms with Crippen molar-refractivity contribution in [1.82, 2.24) is 15.0 Å². The predicted octanol–water partition coefficient (Wildman–Crippen LogP) is 2.63.